The van der Waals surface area contributed by atoms with Crippen LogP contribution in [0, 0.1) is 0 Å². The Labute approximate surface area is 123 Å². The first-order valence-electron chi connectivity index (χ1n) is 7.73. The minimum atomic E-state index is 0.164. The number of nitrogens with one attached hydrogen (secondary N) is 1. The Kier molecular flexibility index (Phi) is 5.06. The molecule has 1 aromatic rings. The van der Waals surface area contributed by atoms with Crippen molar-refractivity contribution in [2.75, 3.05) is 24.6 Å². The molecule has 0 fully saturated rings. The van der Waals surface area contributed by atoms with Crippen molar-refractivity contribution in [3.05, 3.63) is 29.8 Å². The summed E-state index contributed by atoms with van der Waals surface area (Å²) in [6, 6.07) is 8.70. The Balaban J connectivity index is 2.15. The van der Waals surface area contributed by atoms with Gasteiger partial charge in [0.1, 0.15) is 0 Å². The van der Waals surface area contributed by atoms with Gasteiger partial charge in [-0.2, -0.15) is 0 Å². The lowest BCUT2D eigenvalue weighted by atomic mass is 9.98. The standard InChI is InChI=1S/C17H28N2O/c1-5-17(4)13-19(10-11-20-14(2)3)16-9-7-6-8-15(16)12-18-17/h6-9,14,18H,5,10-13H2,1-4H3. The van der Waals surface area contributed by atoms with Crippen LogP contribution in [0.4, 0.5) is 5.69 Å². The average molecular weight is 276 g/mol. The van der Waals surface area contributed by atoms with E-state index in [4.69, 9.17) is 4.74 Å². The molecule has 0 bridgehead atoms. The number of hydrogen-bond donors (Lipinski definition) is 1. The maximum Gasteiger partial charge on any atom is 0.0645 e. The van der Waals surface area contributed by atoms with Crippen molar-refractivity contribution in [3.63, 3.8) is 0 Å². The molecule has 20 heavy (non-hydrogen) atoms. The summed E-state index contributed by atoms with van der Waals surface area (Å²) in [5.74, 6) is 0. The predicted octanol–water partition coefficient (Wildman–Crippen LogP) is 3.19. The largest absolute Gasteiger partial charge is 0.377 e. The van der Waals surface area contributed by atoms with Gasteiger partial charge in [0.25, 0.3) is 0 Å². The van der Waals surface area contributed by atoms with Crippen molar-refractivity contribution in [3.8, 4) is 0 Å². The molecule has 0 saturated heterocycles. The van der Waals surface area contributed by atoms with E-state index in [1.807, 2.05) is 0 Å². The number of hydrogen-bond acceptors (Lipinski definition) is 3. The summed E-state index contributed by atoms with van der Waals surface area (Å²) < 4.78 is 5.74. The lowest BCUT2D eigenvalue weighted by Gasteiger charge is -2.34. The quantitative estimate of drug-likeness (QED) is 0.894. The van der Waals surface area contributed by atoms with Gasteiger partial charge in [-0.15, -0.1) is 0 Å². The Morgan fingerprint density at radius 1 is 1.35 bits per heavy atom. The number of anilines is 1. The summed E-state index contributed by atoms with van der Waals surface area (Å²) in [5.41, 5.74) is 2.90. The van der Waals surface area contributed by atoms with E-state index in [2.05, 4.69) is 62.2 Å². The molecule has 1 aliphatic heterocycles. The van der Waals surface area contributed by atoms with Crippen LogP contribution in [0.15, 0.2) is 24.3 Å². The van der Waals surface area contributed by atoms with Crippen molar-refractivity contribution in [2.45, 2.75) is 52.3 Å². The van der Waals surface area contributed by atoms with Crippen LogP contribution in [0.2, 0.25) is 0 Å². The van der Waals surface area contributed by atoms with Crippen molar-refractivity contribution < 1.29 is 4.74 Å². The zero-order chi connectivity index (χ0) is 14.6. The number of fused-ring (bicyclic) bond motifs is 1. The van der Waals surface area contributed by atoms with Crippen LogP contribution in [0.1, 0.15) is 39.7 Å². The maximum atomic E-state index is 5.74. The number of ether oxygens (including phenoxy) is 1. The Morgan fingerprint density at radius 3 is 2.80 bits per heavy atom. The van der Waals surface area contributed by atoms with E-state index >= 15 is 0 Å². The highest BCUT2D eigenvalue weighted by Crippen LogP contribution is 2.27. The third-order valence-electron chi connectivity index (χ3n) is 4.17. The number of rotatable bonds is 5. The Hall–Kier alpha value is -1.06. The molecule has 0 radical (unpaired) electrons. The smallest absolute Gasteiger partial charge is 0.0645 e. The Bertz CT molecular complexity index is 433. The molecule has 1 aliphatic rings. The molecule has 2 rings (SSSR count). The van der Waals surface area contributed by atoms with E-state index in [9.17, 15) is 0 Å². The van der Waals surface area contributed by atoms with Crippen molar-refractivity contribution >= 4 is 5.69 Å². The molecular weight excluding hydrogens is 248 g/mol. The second-order valence-corrected chi connectivity index (χ2v) is 6.24. The first kappa shape index (κ1) is 15.3. The van der Waals surface area contributed by atoms with Crippen LogP contribution in [0.5, 0.6) is 0 Å². The SMILES string of the molecule is CCC1(C)CN(CCOC(C)C)c2ccccc2CN1. The summed E-state index contributed by atoms with van der Waals surface area (Å²) >= 11 is 0. The molecule has 0 amide bonds. The fourth-order valence-electron chi connectivity index (χ4n) is 2.67. The van der Waals surface area contributed by atoms with E-state index < -0.39 is 0 Å². The molecule has 3 nitrogen and oxygen atoms in total. The minimum Gasteiger partial charge on any atom is -0.377 e. The number of para-hydroxylation sites is 1. The molecule has 1 unspecified atom stereocenters. The van der Waals surface area contributed by atoms with Crippen molar-refractivity contribution in [1.82, 2.24) is 5.32 Å². The van der Waals surface area contributed by atoms with Gasteiger partial charge in [-0.1, -0.05) is 25.1 Å². The molecule has 3 heteroatoms. The molecule has 1 atom stereocenters. The van der Waals surface area contributed by atoms with Gasteiger partial charge in [0.2, 0.25) is 0 Å². The highest BCUT2D eigenvalue weighted by molar-refractivity contribution is 5.55. The fraction of sp³-hybridized carbons (Fsp3) is 0.647. The molecule has 0 aromatic heterocycles. The summed E-state index contributed by atoms with van der Waals surface area (Å²) in [5, 5.41) is 3.71. The lowest BCUT2D eigenvalue weighted by Crippen LogP contribution is -2.49. The first-order chi connectivity index (χ1) is 9.54. The van der Waals surface area contributed by atoms with Gasteiger partial charge < -0.3 is 15.0 Å². The van der Waals surface area contributed by atoms with Crippen LogP contribution in [-0.2, 0) is 11.3 Å². The van der Waals surface area contributed by atoms with Crippen LogP contribution < -0.4 is 10.2 Å². The first-order valence-corrected chi connectivity index (χ1v) is 7.73. The zero-order valence-corrected chi connectivity index (χ0v) is 13.3. The fourth-order valence-corrected chi connectivity index (χ4v) is 2.67. The number of benzene rings is 1. The molecule has 0 aliphatic carbocycles. The summed E-state index contributed by atoms with van der Waals surface area (Å²) in [6.07, 6.45) is 1.43. The predicted molar refractivity (Wildman–Crippen MR) is 85.3 cm³/mol. The summed E-state index contributed by atoms with van der Waals surface area (Å²) in [7, 11) is 0. The van der Waals surface area contributed by atoms with Crippen LogP contribution in [-0.4, -0.2) is 31.3 Å². The van der Waals surface area contributed by atoms with Gasteiger partial charge in [0.15, 0.2) is 0 Å². The molecule has 1 aromatic carbocycles. The van der Waals surface area contributed by atoms with E-state index in [1.165, 1.54) is 11.3 Å². The Morgan fingerprint density at radius 2 is 2.10 bits per heavy atom. The van der Waals surface area contributed by atoms with E-state index in [0.29, 0.717) is 6.10 Å². The van der Waals surface area contributed by atoms with Gasteiger partial charge in [-0.05, 0) is 38.8 Å². The molecule has 1 heterocycles. The molecule has 112 valence electrons. The summed E-state index contributed by atoms with van der Waals surface area (Å²) in [4.78, 5) is 2.47. The minimum absolute atomic E-state index is 0.164. The van der Waals surface area contributed by atoms with Crippen LogP contribution in [0.25, 0.3) is 0 Å². The molecule has 0 saturated carbocycles. The second-order valence-electron chi connectivity index (χ2n) is 6.24. The normalized spacial score (nSPS) is 22.8. The van der Waals surface area contributed by atoms with Crippen molar-refractivity contribution in [1.29, 1.82) is 0 Å². The number of nitrogens with zero attached hydrogens (tertiary/aromatic N) is 1. The second kappa shape index (κ2) is 6.59. The highest BCUT2D eigenvalue weighted by Gasteiger charge is 2.29. The van der Waals surface area contributed by atoms with Gasteiger partial charge >= 0.3 is 0 Å². The van der Waals surface area contributed by atoms with Gasteiger partial charge in [0, 0.05) is 30.9 Å². The van der Waals surface area contributed by atoms with Gasteiger partial charge in [-0.3, -0.25) is 0 Å². The zero-order valence-electron chi connectivity index (χ0n) is 13.3. The highest BCUT2D eigenvalue weighted by atomic mass is 16.5. The van der Waals surface area contributed by atoms with Gasteiger partial charge in [0.05, 0.1) is 12.7 Å². The molecule has 1 N–H and O–H groups in total. The topological polar surface area (TPSA) is 24.5 Å². The molecular formula is C17H28N2O. The molecule has 0 spiro atoms. The van der Waals surface area contributed by atoms with E-state index in [-0.39, 0.29) is 5.54 Å². The van der Waals surface area contributed by atoms with Crippen LogP contribution >= 0.6 is 0 Å². The average Bonchev–Trinajstić information content (AvgIpc) is 2.57. The third-order valence-corrected chi connectivity index (χ3v) is 4.17. The van der Waals surface area contributed by atoms with Gasteiger partial charge in [-0.25, -0.2) is 0 Å². The van der Waals surface area contributed by atoms with E-state index in [1.54, 1.807) is 0 Å². The summed E-state index contributed by atoms with van der Waals surface area (Å²) in [6.45, 7) is 12.5. The third kappa shape index (κ3) is 3.74. The van der Waals surface area contributed by atoms with Crippen LogP contribution in [0.3, 0.4) is 0 Å². The maximum absolute atomic E-state index is 5.74. The van der Waals surface area contributed by atoms with Crippen molar-refractivity contribution in [2.24, 2.45) is 0 Å². The monoisotopic (exact) mass is 276 g/mol. The van der Waals surface area contributed by atoms with E-state index in [0.717, 1.165) is 32.7 Å². The lowest BCUT2D eigenvalue weighted by molar-refractivity contribution is 0.0835.